The van der Waals surface area contributed by atoms with Crippen LogP contribution in [0, 0.1) is 11.8 Å². The van der Waals surface area contributed by atoms with Crippen molar-refractivity contribution >= 4 is 18.0 Å². The van der Waals surface area contributed by atoms with Crippen molar-refractivity contribution in [3.05, 3.63) is 53.3 Å². The number of allylic oxidation sites excluding steroid dienone is 1. The first kappa shape index (κ1) is 37.6. The minimum Gasteiger partial charge on any atom is -0.504 e. The second-order valence-electron chi connectivity index (χ2n) is 12.1. The van der Waals surface area contributed by atoms with E-state index in [0.29, 0.717) is 11.1 Å². The molecule has 50 heavy (non-hydrogen) atoms. The number of hydrogen-bond acceptors (Lipinski definition) is 17. The van der Waals surface area contributed by atoms with E-state index in [9.17, 15) is 55.5 Å². The molecule has 13 atom stereocenters. The Morgan fingerprint density at radius 1 is 0.900 bits per heavy atom. The number of fused-ring (bicyclic) bond motifs is 1. The van der Waals surface area contributed by atoms with Crippen LogP contribution in [0.25, 0.3) is 6.08 Å². The van der Waals surface area contributed by atoms with Crippen molar-refractivity contribution in [2.75, 3.05) is 26.9 Å². The van der Waals surface area contributed by atoms with E-state index < -0.39 is 111 Å². The van der Waals surface area contributed by atoms with Crippen molar-refractivity contribution in [1.29, 1.82) is 0 Å². The van der Waals surface area contributed by atoms with Gasteiger partial charge in [-0.05, 0) is 35.8 Å². The summed E-state index contributed by atoms with van der Waals surface area (Å²) in [5.74, 6) is -3.36. The number of phenols is 1. The molecule has 2 fully saturated rings. The average Bonchev–Trinajstić information content (AvgIpc) is 3.54. The van der Waals surface area contributed by atoms with Crippen LogP contribution >= 0.6 is 0 Å². The van der Waals surface area contributed by atoms with Crippen LogP contribution in [0.15, 0.2) is 47.8 Å². The van der Waals surface area contributed by atoms with E-state index in [1.54, 1.807) is 6.08 Å². The van der Waals surface area contributed by atoms with E-state index in [1.807, 2.05) is 0 Å². The van der Waals surface area contributed by atoms with Crippen molar-refractivity contribution in [2.45, 2.75) is 74.1 Å². The molecule has 5 rings (SSSR count). The third kappa shape index (κ3) is 7.95. The number of aliphatic hydroxyl groups is 7. The lowest BCUT2D eigenvalue weighted by Crippen LogP contribution is -2.62. The van der Waals surface area contributed by atoms with Crippen LogP contribution in [-0.4, -0.2) is 153 Å². The lowest BCUT2D eigenvalue weighted by atomic mass is 9.83. The molecule has 0 spiro atoms. The lowest BCUT2D eigenvalue weighted by Gasteiger charge is -2.44. The SMILES string of the molecule is COc1cc(C=CC(=O)OCC2OC(OCC3OC(OC4OC=C(C(=O)O)C5CC=C(CO)C45)C(O)C(O)C3O)C(O)C(O)C2O)ccc1O. The molecule has 0 aromatic heterocycles. The van der Waals surface area contributed by atoms with Gasteiger partial charge in [0.05, 0.1) is 38.1 Å². The average molecular weight is 713 g/mol. The van der Waals surface area contributed by atoms with Gasteiger partial charge in [-0.25, -0.2) is 9.59 Å². The molecular formula is C32H40O18. The van der Waals surface area contributed by atoms with Gasteiger partial charge in [-0.1, -0.05) is 12.1 Å². The standard InChI is InChI=1S/C32H40O18/c1-44-18-8-13(2-6-17(18)34)3-7-21(35)45-11-19-23(36)25(38)27(40)31(48-19)47-12-20-24(37)26(39)28(41)32(49-20)50-30-22-14(9-33)4-5-15(22)16(10-46-30)29(42)43/h2-4,6-8,10,15,19-20,22-28,30-34,36-41H,5,9,11-12H2,1H3,(H,42,43). The Hall–Kier alpha value is -3.66. The summed E-state index contributed by atoms with van der Waals surface area (Å²) in [5.41, 5.74) is 0.898. The lowest BCUT2D eigenvalue weighted by molar-refractivity contribution is -0.352. The molecule has 0 amide bonds. The monoisotopic (exact) mass is 712 g/mol. The normalized spacial score (nSPS) is 37.0. The van der Waals surface area contributed by atoms with Crippen LogP contribution in [0.5, 0.6) is 11.5 Å². The molecule has 1 aliphatic carbocycles. The van der Waals surface area contributed by atoms with Crippen molar-refractivity contribution in [2.24, 2.45) is 11.8 Å². The molecule has 276 valence electrons. The van der Waals surface area contributed by atoms with Gasteiger partial charge in [0, 0.05) is 12.0 Å². The van der Waals surface area contributed by atoms with Crippen molar-refractivity contribution in [3.8, 4) is 11.5 Å². The van der Waals surface area contributed by atoms with Gasteiger partial charge in [0.25, 0.3) is 0 Å². The fraction of sp³-hybridized carbons (Fsp3) is 0.562. The van der Waals surface area contributed by atoms with Gasteiger partial charge in [-0.15, -0.1) is 0 Å². The highest BCUT2D eigenvalue weighted by atomic mass is 16.8. The minimum atomic E-state index is -1.84. The molecule has 3 heterocycles. The second-order valence-corrected chi connectivity index (χ2v) is 12.1. The Kier molecular flexibility index (Phi) is 12.1. The number of ether oxygens (including phenoxy) is 7. The van der Waals surface area contributed by atoms with E-state index in [0.717, 1.165) is 12.3 Å². The Balaban J connectivity index is 1.19. The smallest absolute Gasteiger partial charge is 0.335 e. The van der Waals surface area contributed by atoms with Crippen LogP contribution in [0.4, 0.5) is 0 Å². The predicted molar refractivity (Wildman–Crippen MR) is 162 cm³/mol. The quantitative estimate of drug-likeness (QED) is 0.0614. The van der Waals surface area contributed by atoms with Crippen molar-refractivity contribution < 1.29 is 88.7 Å². The summed E-state index contributed by atoms with van der Waals surface area (Å²) in [6, 6.07) is 4.36. The number of carbonyl (C=O) groups excluding carboxylic acids is 1. The summed E-state index contributed by atoms with van der Waals surface area (Å²) < 4.78 is 38.2. The van der Waals surface area contributed by atoms with Crippen LogP contribution < -0.4 is 4.74 Å². The summed E-state index contributed by atoms with van der Waals surface area (Å²) in [7, 11) is 1.36. The van der Waals surface area contributed by atoms with Gasteiger partial charge in [-0.3, -0.25) is 0 Å². The highest BCUT2D eigenvalue weighted by molar-refractivity contribution is 5.87. The first-order valence-electron chi connectivity index (χ1n) is 15.6. The van der Waals surface area contributed by atoms with Gasteiger partial charge < -0.3 is 79.1 Å². The number of aromatic hydroxyl groups is 1. The summed E-state index contributed by atoms with van der Waals surface area (Å²) in [6.45, 7) is -1.62. The number of carboxylic acid groups (broad SMARTS) is 1. The molecule has 4 aliphatic rings. The summed E-state index contributed by atoms with van der Waals surface area (Å²) in [4.78, 5) is 24.0. The molecular weight excluding hydrogens is 672 g/mol. The highest BCUT2D eigenvalue weighted by Gasteiger charge is 2.51. The predicted octanol–water partition coefficient (Wildman–Crippen LogP) is -2.51. The molecule has 0 radical (unpaired) electrons. The third-order valence-corrected chi connectivity index (χ3v) is 8.98. The highest BCUT2D eigenvalue weighted by Crippen LogP contribution is 2.44. The van der Waals surface area contributed by atoms with Gasteiger partial charge in [0.2, 0.25) is 6.29 Å². The maximum absolute atomic E-state index is 12.3. The number of esters is 1. The fourth-order valence-corrected chi connectivity index (χ4v) is 6.17. The van der Waals surface area contributed by atoms with Crippen molar-refractivity contribution in [3.63, 3.8) is 0 Å². The van der Waals surface area contributed by atoms with E-state index in [4.69, 9.17) is 33.2 Å². The van der Waals surface area contributed by atoms with Gasteiger partial charge in [-0.2, -0.15) is 0 Å². The number of benzene rings is 1. The van der Waals surface area contributed by atoms with Crippen LogP contribution in [0.1, 0.15) is 12.0 Å². The topological polar surface area (TPSA) is 281 Å². The van der Waals surface area contributed by atoms with E-state index >= 15 is 0 Å². The summed E-state index contributed by atoms with van der Waals surface area (Å²) in [5, 5.41) is 92.3. The molecule has 18 heteroatoms. The van der Waals surface area contributed by atoms with Crippen LogP contribution in [0.2, 0.25) is 0 Å². The zero-order valence-corrected chi connectivity index (χ0v) is 26.6. The molecule has 0 saturated carbocycles. The van der Waals surface area contributed by atoms with Gasteiger partial charge >= 0.3 is 11.9 Å². The number of carboxylic acids is 1. The summed E-state index contributed by atoms with van der Waals surface area (Å²) >= 11 is 0. The third-order valence-electron chi connectivity index (χ3n) is 8.98. The number of phenolic OH excluding ortho intramolecular Hbond substituents is 1. The van der Waals surface area contributed by atoms with Crippen molar-refractivity contribution in [1.82, 2.24) is 0 Å². The Morgan fingerprint density at radius 3 is 2.22 bits per heavy atom. The fourth-order valence-electron chi connectivity index (χ4n) is 6.17. The largest absolute Gasteiger partial charge is 0.504 e. The van der Waals surface area contributed by atoms with Crippen LogP contribution in [0.3, 0.4) is 0 Å². The van der Waals surface area contributed by atoms with E-state index in [-0.39, 0.29) is 23.5 Å². The first-order chi connectivity index (χ1) is 23.8. The van der Waals surface area contributed by atoms with Gasteiger partial charge in [0.1, 0.15) is 55.4 Å². The molecule has 3 aliphatic heterocycles. The zero-order valence-electron chi connectivity index (χ0n) is 26.6. The Bertz CT molecular complexity index is 1460. The molecule has 18 nitrogen and oxygen atoms in total. The maximum atomic E-state index is 12.3. The molecule has 1 aromatic carbocycles. The Labute approximate surface area is 284 Å². The number of carbonyl (C=O) groups is 2. The number of aliphatic hydroxyl groups excluding tert-OH is 7. The second kappa shape index (κ2) is 16.1. The maximum Gasteiger partial charge on any atom is 0.335 e. The summed E-state index contributed by atoms with van der Waals surface area (Å²) in [6.07, 6.45) is -12.8. The number of rotatable bonds is 12. The molecule has 1 aromatic rings. The number of hydrogen-bond donors (Lipinski definition) is 9. The first-order valence-corrected chi connectivity index (χ1v) is 15.6. The van der Waals surface area contributed by atoms with Crippen LogP contribution in [-0.2, 0) is 38.0 Å². The van der Waals surface area contributed by atoms with E-state index in [1.165, 1.54) is 31.4 Å². The minimum absolute atomic E-state index is 0.0422. The Morgan fingerprint density at radius 2 is 1.56 bits per heavy atom. The number of methoxy groups -OCH3 is 1. The molecule has 2 saturated heterocycles. The molecule has 0 bridgehead atoms. The molecule has 9 N–H and O–H groups in total. The number of aliphatic carboxylic acids is 1. The van der Waals surface area contributed by atoms with Gasteiger partial charge in [0.15, 0.2) is 24.1 Å². The van der Waals surface area contributed by atoms with E-state index in [2.05, 4.69) is 0 Å². The zero-order chi connectivity index (χ0) is 36.3. The molecule has 13 unspecified atom stereocenters.